The molecule has 3 unspecified atom stereocenters. The highest BCUT2D eigenvalue weighted by atomic mass is 79.9. The second kappa shape index (κ2) is 2.60. The minimum absolute atomic E-state index is 0.230. The van der Waals surface area contributed by atoms with E-state index in [4.69, 9.17) is 0 Å². The SMILES string of the molecule is BrC1CC2CC1(Br)c1ccccc12. The van der Waals surface area contributed by atoms with Crippen LogP contribution in [0.5, 0.6) is 0 Å². The fraction of sp³-hybridized carbons (Fsp3) is 0.455. The first-order valence-corrected chi connectivity index (χ1v) is 6.35. The largest absolute Gasteiger partial charge is 0.0871 e. The van der Waals surface area contributed by atoms with E-state index in [1.807, 2.05) is 0 Å². The summed E-state index contributed by atoms with van der Waals surface area (Å²) in [5.41, 5.74) is 3.07. The molecule has 0 amide bonds. The lowest BCUT2D eigenvalue weighted by Gasteiger charge is -2.27. The summed E-state index contributed by atoms with van der Waals surface area (Å²) < 4.78 is 0.230. The van der Waals surface area contributed by atoms with Crippen molar-refractivity contribution in [1.82, 2.24) is 0 Å². The zero-order valence-electron chi connectivity index (χ0n) is 7.13. The lowest BCUT2D eigenvalue weighted by molar-refractivity contribution is 0.709. The van der Waals surface area contributed by atoms with Gasteiger partial charge < -0.3 is 0 Å². The highest BCUT2D eigenvalue weighted by Crippen LogP contribution is 2.62. The zero-order chi connectivity index (χ0) is 9.05. The summed E-state index contributed by atoms with van der Waals surface area (Å²) in [6.07, 6.45) is 2.55. The molecule has 0 radical (unpaired) electrons. The van der Waals surface area contributed by atoms with Gasteiger partial charge in [0.25, 0.3) is 0 Å². The van der Waals surface area contributed by atoms with Gasteiger partial charge in [-0.2, -0.15) is 0 Å². The molecule has 0 heterocycles. The van der Waals surface area contributed by atoms with Crippen LogP contribution in [0.25, 0.3) is 0 Å². The van der Waals surface area contributed by atoms with Crippen LogP contribution in [-0.4, -0.2) is 4.83 Å². The third-order valence-corrected chi connectivity index (χ3v) is 6.45. The maximum absolute atomic E-state index is 3.90. The number of benzene rings is 1. The van der Waals surface area contributed by atoms with Crippen LogP contribution in [0.2, 0.25) is 0 Å². The smallest absolute Gasteiger partial charge is 0.0639 e. The van der Waals surface area contributed by atoms with Crippen LogP contribution in [-0.2, 0) is 4.32 Å². The Labute approximate surface area is 95.0 Å². The van der Waals surface area contributed by atoms with Gasteiger partial charge >= 0.3 is 0 Å². The Bertz CT molecular complexity index is 361. The number of alkyl halides is 2. The van der Waals surface area contributed by atoms with Crippen molar-refractivity contribution < 1.29 is 0 Å². The molecule has 2 aliphatic carbocycles. The molecule has 0 aromatic heterocycles. The van der Waals surface area contributed by atoms with Gasteiger partial charge in [0, 0.05) is 4.83 Å². The molecule has 1 fully saturated rings. The van der Waals surface area contributed by atoms with Crippen molar-refractivity contribution in [2.75, 3.05) is 0 Å². The van der Waals surface area contributed by atoms with Crippen molar-refractivity contribution in [3.8, 4) is 0 Å². The van der Waals surface area contributed by atoms with Gasteiger partial charge in [0.15, 0.2) is 0 Å². The lowest BCUT2D eigenvalue weighted by Crippen LogP contribution is -2.23. The Kier molecular flexibility index (Phi) is 1.70. The second-order valence-corrected chi connectivity index (χ2v) is 6.57. The molecule has 2 bridgehead atoms. The minimum atomic E-state index is 0.230. The second-order valence-electron chi connectivity index (χ2n) is 4.05. The molecule has 0 spiro atoms. The van der Waals surface area contributed by atoms with E-state index >= 15 is 0 Å². The van der Waals surface area contributed by atoms with Crippen molar-refractivity contribution in [3.05, 3.63) is 35.4 Å². The van der Waals surface area contributed by atoms with Crippen LogP contribution in [0.15, 0.2) is 24.3 Å². The number of hydrogen-bond acceptors (Lipinski definition) is 0. The molecule has 2 aliphatic rings. The van der Waals surface area contributed by atoms with Crippen molar-refractivity contribution in [2.24, 2.45) is 0 Å². The summed E-state index contributed by atoms with van der Waals surface area (Å²) in [6, 6.07) is 8.83. The van der Waals surface area contributed by atoms with Crippen LogP contribution in [0.4, 0.5) is 0 Å². The molecule has 13 heavy (non-hydrogen) atoms. The lowest BCUT2D eigenvalue weighted by atomic mass is 9.92. The van der Waals surface area contributed by atoms with Crippen molar-refractivity contribution in [1.29, 1.82) is 0 Å². The molecule has 3 rings (SSSR count). The van der Waals surface area contributed by atoms with Gasteiger partial charge in [0.2, 0.25) is 0 Å². The molecule has 2 heteroatoms. The quantitative estimate of drug-likeness (QED) is 0.637. The first-order chi connectivity index (χ1) is 6.22. The van der Waals surface area contributed by atoms with E-state index in [-0.39, 0.29) is 4.32 Å². The van der Waals surface area contributed by atoms with Gasteiger partial charge in [0.05, 0.1) is 4.32 Å². The average Bonchev–Trinajstić information content (AvgIpc) is 2.57. The average molecular weight is 302 g/mol. The molecule has 0 aliphatic heterocycles. The molecule has 1 saturated carbocycles. The van der Waals surface area contributed by atoms with Gasteiger partial charge in [-0.1, -0.05) is 56.1 Å². The molecule has 0 nitrogen and oxygen atoms in total. The van der Waals surface area contributed by atoms with Crippen molar-refractivity contribution in [3.63, 3.8) is 0 Å². The maximum Gasteiger partial charge on any atom is 0.0639 e. The van der Waals surface area contributed by atoms with Crippen LogP contribution in [0.1, 0.15) is 29.9 Å². The topological polar surface area (TPSA) is 0 Å². The monoisotopic (exact) mass is 300 g/mol. The molecule has 0 saturated heterocycles. The van der Waals surface area contributed by atoms with E-state index in [1.54, 1.807) is 5.56 Å². The third kappa shape index (κ3) is 0.964. The molecular formula is C11H10Br2. The first-order valence-electron chi connectivity index (χ1n) is 4.64. The van der Waals surface area contributed by atoms with Crippen molar-refractivity contribution >= 4 is 31.9 Å². The summed E-state index contributed by atoms with van der Waals surface area (Å²) in [6.45, 7) is 0. The van der Waals surface area contributed by atoms with E-state index in [2.05, 4.69) is 56.1 Å². The van der Waals surface area contributed by atoms with E-state index in [9.17, 15) is 0 Å². The summed E-state index contributed by atoms with van der Waals surface area (Å²) in [4.78, 5) is 0.611. The molecule has 68 valence electrons. The molecule has 0 N–H and O–H groups in total. The van der Waals surface area contributed by atoms with Crippen LogP contribution in [0.3, 0.4) is 0 Å². The Balaban J connectivity index is 2.24. The van der Waals surface area contributed by atoms with E-state index in [0.29, 0.717) is 4.83 Å². The molecule has 1 aromatic rings. The standard InChI is InChI=1S/C11H10Br2/c12-10-5-7-6-11(10,13)9-4-2-1-3-8(7)9/h1-4,7,10H,5-6H2. The summed E-state index contributed by atoms with van der Waals surface area (Å²) in [5, 5.41) is 0. The predicted octanol–water partition coefficient (Wildman–Crippen LogP) is 3.93. The number of fused-ring (bicyclic) bond motifs is 5. The number of rotatable bonds is 0. The van der Waals surface area contributed by atoms with Crippen molar-refractivity contribution in [2.45, 2.75) is 27.9 Å². The Morgan fingerprint density at radius 1 is 1.31 bits per heavy atom. The molecular weight excluding hydrogens is 292 g/mol. The third-order valence-electron chi connectivity index (χ3n) is 3.38. The van der Waals surface area contributed by atoms with Gasteiger partial charge in [0.1, 0.15) is 0 Å². The Morgan fingerprint density at radius 2 is 2.08 bits per heavy atom. The van der Waals surface area contributed by atoms with E-state index < -0.39 is 0 Å². The summed E-state index contributed by atoms with van der Waals surface area (Å²) in [7, 11) is 0. The predicted molar refractivity (Wildman–Crippen MR) is 61.7 cm³/mol. The van der Waals surface area contributed by atoms with Crippen LogP contribution < -0.4 is 0 Å². The highest BCUT2D eigenvalue weighted by molar-refractivity contribution is 9.12. The molecule has 1 aromatic carbocycles. The van der Waals surface area contributed by atoms with Gasteiger partial charge in [-0.3, -0.25) is 0 Å². The van der Waals surface area contributed by atoms with Gasteiger partial charge in [-0.15, -0.1) is 0 Å². The Hall–Kier alpha value is 0.180. The fourth-order valence-corrected chi connectivity index (χ4v) is 4.58. The maximum atomic E-state index is 3.90. The van der Waals surface area contributed by atoms with Gasteiger partial charge in [-0.25, -0.2) is 0 Å². The fourth-order valence-electron chi connectivity index (χ4n) is 2.75. The zero-order valence-corrected chi connectivity index (χ0v) is 10.3. The van der Waals surface area contributed by atoms with E-state index in [1.165, 1.54) is 18.4 Å². The highest BCUT2D eigenvalue weighted by Gasteiger charge is 2.52. The number of halogens is 2. The number of hydrogen-bond donors (Lipinski definition) is 0. The molecule has 3 atom stereocenters. The minimum Gasteiger partial charge on any atom is -0.0871 e. The van der Waals surface area contributed by atoms with Crippen LogP contribution in [0, 0.1) is 0 Å². The van der Waals surface area contributed by atoms with Gasteiger partial charge in [-0.05, 0) is 29.9 Å². The summed E-state index contributed by atoms with van der Waals surface area (Å²) >= 11 is 7.68. The summed E-state index contributed by atoms with van der Waals surface area (Å²) in [5.74, 6) is 0.778. The Morgan fingerprint density at radius 3 is 2.92 bits per heavy atom. The van der Waals surface area contributed by atoms with Crippen LogP contribution >= 0.6 is 31.9 Å². The first kappa shape index (κ1) is 8.49. The van der Waals surface area contributed by atoms with E-state index in [0.717, 1.165) is 5.92 Å². The normalized spacial score (nSPS) is 40.8.